The van der Waals surface area contributed by atoms with Crippen molar-refractivity contribution in [2.45, 2.75) is 77.8 Å². The van der Waals surface area contributed by atoms with Gasteiger partial charge in [0, 0.05) is 25.4 Å². The number of nitrogens with zero attached hydrogens (tertiary/aromatic N) is 2. The fourth-order valence-electron chi connectivity index (χ4n) is 4.74. The number of esters is 1. The van der Waals surface area contributed by atoms with Gasteiger partial charge in [-0.1, -0.05) is 50.6 Å². The van der Waals surface area contributed by atoms with E-state index in [1.54, 1.807) is 25.2 Å². The average molecular weight is 532 g/mol. The van der Waals surface area contributed by atoms with E-state index in [0.717, 1.165) is 0 Å². The summed E-state index contributed by atoms with van der Waals surface area (Å²) in [4.78, 5) is 44.1. The Hall–Kier alpha value is -3.27. The van der Waals surface area contributed by atoms with Crippen LogP contribution in [0.15, 0.2) is 46.6 Å². The van der Waals surface area contributed by atoms with Crippen molar-refractivity contribution < 1.29 is 33.0 Å². The normalized spacial score (nSPS) is 31.7. The number of fused-ring (bicyclic) bond motifs is 3. The SMILES string of the molecule is CC1=C\[C@@H](O)C[C@@H](F)Cc2nc(co2)C(=O)N2CCC[C@@H]2C(=O)O[C@H](C(C)C)[C@H](C)/C=C/C(=O)NC\C=C\1. The Morgan fingerprint density at radius 3 is 2.74 bits per heavy atom. The van der Waals surface area contributed by atoms with Crippen LogP contribution >= 0.6 is 0 Å². The lowest BCUT2D eigenvalue weighted by Crippen LogP contribution is -2.44. The zero-order valence-corrected chi connectivity index (χ0v) is 22.4. The largest absolute Gasteiger partial charge is 0.460 e. The number of alkyl halides is 1. The molecule has 5 atom stereocenters. The van der Waals surface area contributed by atoms with E-state index in [1.807, 2.05) is 20.8 Å². The lowest BCUT2D eigenvalue weighted by Gasteiger charge is -2.29. The van der Waals surface area contributed by atoms with E-state index in [0.29, 0.717) is 25.0 Å². The minimum atomic E-state index is -1.45. The number of aromatic nitrogens is 1. The number of hydrogen-bond acceptors (Lipinski definition) is 7. The number of hydrogen-bond donors (Lipinski definition) is 2. The van der Waals surface area contributed by atoms with Crippen molar-refractivity contribution in [3.05, 3.63) is 53.8 Å². The molecule has 2 amide bonds. The third-order valence-corrected chi connectivity index (χ3v) is 6.66. The van der Waals surface area contributed by atoms with Crippen molar-refractivity contribution in [2.24, 2.45) is 11.8 Å². The summed E-state index contributed by atoms with van der Waals surface area (Å²) in [6, 6.07) is -0.768. The van der Waals surface area contributed by atoms with E-state index < -0.39 is 36.3 Å². The maximum atomic E-state index is 14.6. The highest BCUT2D eigenvalue weighted by Crippen LogP contribution is 2.25. The Morgan fingerprint density at radius 1 is 1.24 bits per heavy atom. The van der Waals surface area contributed by atoms with Gasteiger partial charge in [-0.2, -0.15) is 0 Å². The first kappa shape index (κ1) is 29.3. The molecule has 2 N–H and O–H groups in total. The average Bonchev–Trinajstić information content (AvgIpc) is 3.52. The third kappa shape index (κ3) is 8.11. The summed E-state index contributed by atoms with van der Waals surface area (Å²) in [6.07, 6.45) is 7.01. The third-order valence-electron chi connectivity index (χ3n) is 6.66. The van der Waals surface area contributed by atoms with Crippen molar-refractivity contribution in [1.82, 2.24) is 15.2 Å². The number of rotatable bonds is 1. The van der Waals surface area contributed by atoms with Crippen LogP contribution in [-0.4, -0.2) is 70.3 Å². The van der Waals surface area contributed by atoms with Gasteiger partial charge in [-0.05, 0) is 31.8 Å². The van der Waals surface area contributed by atoms with Crippen molar-refractivity contribution in [3.63, 3.8) is 0 Å². The molecule has 1 saturated heterocycles. The van der Waals surface area contributed by atoms with Gasteiger partial charge in [0.05, 0.1) is 12.5 Å². The van der Waals surface area contributed by atoms with Gasteiger partial charge in [0.1, 0.15) is 24.6 Å². The molecule has 1 aromatic heterocycles. The standard InChI is InChI=1S/C28H38FN3O6/c1-17(2)26-19(4)9-10-24(34)30-11-5-7-18(3)13-21(33)14-20(29)15-25-31-22(16-37-25)27(35)32-12-6-8-23(32)28(36)38-26/h5,7,9-10,13,16-17,19-21,23,26,33H,6,8,11-12,14-15H2,1-4H3,(H,30,34)/b7-5+,10-9+,18-13+/t19-,20-,21-,23-,26-/m1/s1. The Labute approximate surface area is 222 Å². The summed E-state index contributed by atoms with van der Waals surface area (Å²) in [5.41, 5.74) is 0.710. The van der Waals surface area contributed by atoms with Crippen LogP contribution < -0.4 is 5.32 Å². The maximum Gasteiger partial charge on any atom is 0.329 e. The van der Waals surface area contributed by atoms with Crippen LogP contribution in [0.4, 0.5) is 4.39 Å². The van der Waals surface area contributed by atoms with E-state index in [9.17, 15) is 23.9 Å². The molecular weight excluding hydrogens is 493 g/mol. The number of amides is 2. The van der Waals surface area contributed by atoms with Crippen LogP contribution in [0, 0.1) is 11.8 Å². The molecule has 1 aromatic rings. The number of aliphatic hydroxyl groups is 1. The lowest BCUT2D eigenvalue weighted by atomic mass is 9.94. The van der Waals surface area contributed by atoms with Crippen LogP contribution in [-0.2, 0) is 20.7 Å². The topological polar surface area (TPSA) is 122 Å². The predicted octanol–water partition coefficient (Wildman–Crippen LogP) is 3.30. The number of halogens is 1. The van der Waals surface area contributed by atoms with Crippen molar-refractivity contribution in [2.75, 3.05) is 13.1 Å². The zero-order valence-electron chi connectivity index (χ0n) is 22.4. The Morgan fingerprint density at radius 2 is 2.00 bits per heavy atom. The summed E-state index contributed by atoms with van der Waals surface area (Å²) < 4.78 is 25.8. The summed E-state index contributed by atoms with van der Waals surface area (Å²) >= 11 is 0. The monoisotopic (exact) mass is 531 g/mol. The first-order valence-electron chi connectivity index (χ1n) is 13.1. The molecule has 0 saturated carbocycles. The molecule has 3 heterocycles. The van der Waals surface area contributed by atoms with Gasteiger partial charge in [0.2, 0.25) is 5.91 Å². The summed E-state index contributed by atoms with van der Waals surface area (Å²) in [5, 5.41) is 13.0. The maximum absolute atomic E-state index is 14.6. The first-order valence-corrected chi connectivity index (χ1v) is 13.1. The number of carbonyl (C=O) groups excluding carboxylic acids is 3. The van der Waals surface area contributed by atoms with E-state index in [4.69, 9.17) is 9.15 Å². The van der Waals surface area contributed by atoms with Crippen molar-refractivity contribution in [3.8, 4) is 0 Å². The molecular formula is C28H38FN3O6. The molecule has 9 nitrogen and oxygen atoms in total. The van der Waals surface area contributed by atoms with Crippen molar-refractivity contribution in [1.29, 1.82) is 0 Å². The quantitative estimate of drug-likeness (QED) is 0.533. The Balaban J connectivity index is 1.85. The van der Waals surface area contributed by atoms with Crippen LogP contribution in [0.1, 0.15) is 63.3 Å². The van der Waals surface area contributed by atoms with Gasteiger partial charge in [0.25, 0.3) is 5.91 Å². The van der Waals surface area contributed by atoms with Gasteiger partial charge >= 0.3 is 5.97 Å². The second kappa shape index (κ2) is 13.5. The van der Waals surface area contributed by atoms with E-state index in [2.05, 4.69) is 10.3 Å². The number of ether oxygens (including phenoxy) is 1. The molecule has 2 aliphatic heterocycles. The van der Waals surface area contributed by atoms with E-state index in [1.165, 1.54) is 23.3 Å². The van der Waals surface area contributed by atoms with Gasteiger partial charge in [-0.25, -0.2) is 14.2 Å². The van der Waals surface area contributed by atoms with Crippen LogP contribution in [0.3, 0.4) is 0 Å². The molecule has 0 aliphatic carbocycles. The number of oxazole rings is 1. The van der Waals surface area contributed by atoms with Gasteiger partial charge in [-0.3, -0.25) is 9.59 Å². The van der Waals surface area contributed by atoms with Gasteiger partial charge in [-0.15, -0.1) is 0 Å². The fourth-order valence-corrected chi connectivity index (χ4v) is 4.74. The highest BCUT2D eigenvalue weighted by atomic mass is 19.1. The van der Waals surface area contributed by atoms with E-state index >= 15 is 0 Å². The zero-order chi connectivity index (χ0) is 27.8. The lowest BCUT2D eigenvalue weighted by molar-refractivity contribution is -0.158. The molecule has 0 unspecified atom stereocenters. The van der Waals surface area contributed by atoms with Crippen molar-refractivity contribution >= 4 is 17.8 Å². The summed E-state index contributed by atoms with van der Waals surface area (Å²) in [5.74, 6) is -1.51. The smallest absolute Gasteiger partial charge is 0.329 e. The molecule has 2 aliphatic rings. The highest BCUT2D eigenvalue weighted by Gasteiger charge is 2.38. The first-order chi connectivity index (χ1) is 18.0. The molecule has 3 rings (SSSR count). The summed E-state index contributed by atoms with van der Waals surface area (Å²) in [7, 11) is 0. The molecule has 38 heavy (non-hydrogen) atoms. The number of nitrogens with one attached hydrogen (secondary N) is 1. The number of cyclic esters (lactones) is 1. The number of aliphatic hydroxyl groups excluding tert-OH is 1. The minimum Gasteiger partial charge on any atom is -0.460 e. The van der Waals surface area contributed by atoms with Gasteiger partial charge < -0.3 is 24.5 Å². The van der Waals surface area contributed by atoms with Gasteiger partial charge in [0.15, 0.2) is 11.6 Å². The molecule has 10 heteroatoms. The van der Waals surface area contributed by atoms with Crippen LogP contribution in [0.5, 0.6) is 0 Å². The minimum absolute atomic E-state index is 0.00515. The predicted molar refractivity (Wildman–Crippen MR) is 139 cm³/mol. The number of carbonyl (C=O) groups is 3. The fraction of sp³-hybridized carbons (Fsp3) is 0.571. The molecule has 0 radical (unpaired) electrons. The molecule has 0 aromatic carbocycles. The molecule has 1 fully saturated rings. The molecule has 208 valence electrons. The highest BCUT2D eigenvalue weighted by molar-refractivity contribution is 5.95. The number of allylic oxidation sites excluding steroid dienone is 2. The molecule has 2 bridgehead atoms. The van der Waals surface area contributed by atoms with Crippen LogP contribution in [0.2, 0.25) is 0 Å². The molecule has 0 spiro atoms. The second-order valence-electron chi connectivity index (χ2n) is 10.3. The van der Waals surface area contributed by atoms with E-state index in [-0.39, 0.29) is 48.7 Å². The second-order valence-corrected chi connectivity index (χ2v) is 10.3. The summed E-state index contributed by atoms with van der Waals surface area (Å²) in [6.45, 7) is 8.13. The van der Waals surface area contributed by atoms with Crippen LogP contribution in [0.25, 0.3) is 0 Å². The Bertz CT molecular complexity index is 1080. The Kier molecular flexibility index (Phi) is 10.4.